The molecule has 2 aromatic rings. The third-order valence-corrected chi connectivity index (χ3v) is 2.75. The van der Waals surface area contributed by atoms with E-state index in [-0.39, 0.29) is 10.7 Å². The molecule has 3 nitrogen and oxygen atoms in total. The molecule has 0 saturated heterocycles. The summed E-state index contributed by atoms with van der Waals surface area (Å²) in [4.78, 5) is 4.15. The maximum absolute atomic E-state index is 12.6. The van der Waals surface area contributed by atoms with Crippen molar-refractivity contribution in [1.82, 2.24) is 4.98 Å². The lowest BCUT2D eigenvalue weighted by atomic mass is 10.2. The van der Waals surface area contributed by atoms with Crippen LogP contribution >= 0.6 is 12.2 Å². The Balaban J connectivity index is 2.34. The Labute approximate surface area is 118 Å². The van der Waals surface area contributed by atoms with E-state index in [4.69, 9.17) is 18.0 Å². The summed E-state index contributed by atoms with van der Waals surface area (Å²) in [6.45, 7) is 0. The number of halogens is 3. The summed E-state index contributed by atoms with van der Waals surface area (Å²) in [5.74, 6) is 0.319. The van der Waals surface area contributed by atoms with E-state index in [1.807, 2.05) is 0 Å². The monoisotopic (exact) mass is 297 g/mol. The van der Waals surface area contributed by atoms with E-state index in [0.29, 0.717) is 11.4 Å². The molecule has 1 aromatic carbocycles. The van der Waals surface area contributed by atoms with Gasteiger partial charge in [-0.1, -0.05) is 18.3 Å². The minimum atomic E-state index is -4.40. The van der Waals surface area contributed by atoms with Crippen molar-refractivity contribution in [2.75, 3.05) is 5.32 Å². The first-order valence-corrected chi connectivity index (χ1v) is 5.98. The number of aromatic nitrogens is 1. The Morgan fingerprint density at radius 2 is 1.95 bits per heavy atom. The van der Waals surface area contributed by atoms with Crippen LogP contribution in [0.25, 0.3) is 0 Å². The number of nitrogens with two attached hydrogens (primary N) is 1. The van der Waals surface area contributed by atoms with Crippen molar-refractivity contribution in [3.05, 3.63) is 53.7 Å². The Bertz CT molecular complexity index is 641. The van der Waals surface area contributed by atoms with Gasteiger partial charge in [0.2, 0.25) is 0 Å². The third-order valence-electron chi connectivity index (χ3n) is 2.53. The molecule has 7 heteroatoms. The SMILES string of the molecule is NC(=S)c1cccnc1Nc1cccc(C(F)(F)F)c1. The summed E-state index contributed by atoms with van der Waals surface area (Å²) in [6.07, 6.45) is -2.90. The predicted octanol–water partition coefficient (Wildman–Crippen LogP) is 3.48. The van der Waals surface area contributed by atoms with E-state index < -0.39 is 11.7 Å². The standard InChI is InChI=1S/C13H10F3N3S/c14-13(15,16)8-3-1-4-9(7-8)19-12-10(11(17)20)5-2-6-18-12/h1-7H,(H2,17,20)(H,18,19). The minimum Gasteiger partial charge on any atom is -0.389 e. The number of hydrogen-bond donors (Lipinski definition) is 2. The molecule has 0 saturated carbocycles. The lowest BCUT2D eigenvalue weighted by Gasteiger charge is -2.12. The molecule has 1 heterocycles. The number of thiocarbonyl (C=S) groups is 1. The number of alkyl halides is 3. The molecule has 104 valence electrons. The summed E-state index contributed by atoms with van der Waals surface area (Å²) in [7, 11) is 0. The zero-order valence-electron chi connectivity index (χ0n) is 10.1. The van der Waals surface area contributed by atoms with E-state index >= 15 is 0 Å². The van der Waals surface area contributed by atoms with Gasteiger partial charge in [0.1, 0.15) is 10.8 Å². The highest BCUT2D eigenvalue weighted by molar-refractivity contribution is 7.80. The molecule has 1 aromatic heterocycles. The summed E-state index contributed by atoms with van der Waals surface area (Å²) in [5, 5.41) is 2.79. The van der Waals surface area contributed by atoms with Gasteiger partial charge in [0.15, 0.2) is 0 Å². The average Bonchev–Trinajstić information content (AvgIpc) is 2.38. The molecule has 0 spiro atoms. The van der Waals surface area contributed by atoms with Gasteiger partial charge in [0.25, 0.3) is 0 Å². The second-order valence-corrected chi connectivity index (χ2v) is 4.41. The number of rotatable bonds is 3. The zero-order valence-corrected chi connectivity index (χ0v) is 10.9. The molecule has 0 radical (unpaired) electrons. The van der Waals surface area contributed by atoms with Gasteiger partial charge in [0.05, 0.1) is 11.1 Å². The van der Waals surface area contributed by atoms with E-state index in [1.165, 1.54) is 18.3 Å². The number of pyridine rings is 1. The second-order valence-electron chi connectivity index (χ2n) is 3.97. The molecular formula is C13H10F3N3S. The first-order valence-electron chi connectivity index (χ1n) is 5.57. The average molecular weight is 297 g/mol. The Kier molecular flexibility index (Phi) is 3.89. The van der Waals surface area contributed by atoms with Crippen molar-refractivity contribution in [3.8, 4) is 0 Å². The summed E-state index contributed by atoms with van der Waals surface area (Å²) >= 11 is 4.87. The van der Waals surface area contributed by atoms with Gasteiger partial charge in [-0.2, -0.15) is 13.2 Å². The van der Waals surface area contributed by atoms with E-state index in [1.54, 1.807) is 12.1 Å². The predicted molar refractivity (Wildman–Crippen MR) is 74.9 cm³/mol. The van der Waals surface area contributed by atoms with E-state index in [9.17, 15) is 13.2 Å². The molecule has 0 atom stereocenters. The van der Waals surface area contributed by atoms with Gasteiger partial charge >= 0.3 is 6.18 Å². The molecule has 0 aliphatic heterocycles. The zero-order chi connectivity index (χ0) is 14.8. The highest BCUT2D eigenvalue weighted by Gasteiger charge is 2.30. The van der Waals surface area contributed by atoms with Crippen molar-refractivity contribution in [1.29, 1.82) is 0 Å². The summed E-state index contributed by atoms with van der Waals surface area (Å²) < 4.78 is 37.9. The van der Waals surface area contributed by atoms with Crippen molar-refractivity contribution in [2.45, 2.75) is 6.18 Å². The first-order chi connectivity index (χ1) is 9.38. The minimum absolute atomic E-state index is 0.118. The molecule has 20 heavy (non-hydrogen) atoms. The largest absolute Gasteiger partial charge is 0.416 e. The van der Waals surface area contributed by atoms with E-state index in [0.717, 1.165) is 12.1 Å². The van der Waals surface area contributed by atoms with Crippen LogP contribution in [0.4, 0.5) is 24.7 Å². The van der Waals surface area contributed by atoms with Crippen LogP contribution in [0.1, 0.15) is 11.1 Å². The molecule has 0 aliphatic carbocycles. The number of anilines is 2. The topological polar surface area (TPSA) is 50.9 Å². The third kappa shape index (κ3) is 3.24. The molecule has 0 bridgehead atoms. The summed E-state index contributed by atoms with van der Waals surface area (Å²) in [5.41, 5.74) is 5.53. The molecule has 3 N–H and O–H groups in total. The first kappa shape index (κ1) is 14.3. The van der Waals surface area contributed by atoms with Gasteiger partial charge in [-0.3, -0.25) is 0 Å². The molecule has 0 fully saturated rings. The van der Waals surface area contributed by atoms with Gasteiger partial charge in [-0.25, -0.2) is 4.98 Å². The van der Waals surface area contributed by atoms with Crippen LogP contribution in [0.3, 0.4) is 0 Å². The van der Waals surface area contributed by atoms with Gasteiger partial charge < -0.3 is 11.1 Å². The second kappa shape index (κ2) is 5.46. The van der Waals surface area contributed by atoms with Gasteiger partial charge in [-0.05, 0) is 30.3 Å². The van der Waals surface area contributed by atoms with Crippen molar-refractivity contribution < 1.29 is 13.2 Å². The number of nitrogens with one attached hydrogen (secondary N) is 1. The van der Waals surface area contributed by atoms with Crippen molar-refractivity contribution in [3.63, 3.8) is 0 Å². The van der Waals surface area contributed by atoms with Crippen molar-refractivity contribution >= 4 is 28.7 Å². The molecule has 0 unspecified atom stereocenters. The van der Waals surface area contributed by atoms with Crippen LogP contribution in [0.2, 0.25) is 0 Å². The lowest BCUT2D eigenvalue weighted by molar-refractivity contribution is -0.137. The normalized spacial score (nSPS) is 11.2. The van der Waals surface area contributed by atoms with Gasteiger partial charge in [-0.15, -0.1) is 0 Å². The molecule has 0 aliphatic rings. The number of hydrogen-bond acceptors (Lipinski definition) is 3. The van der Waals surface area contributed by atoms with Crippen LogP contribution in [-0.2, 0) is 6.18 Å². The Hall–Kier alpha value is -2.15. The van der Waals surface area contributed by atoms with Crippen LogP contribution < -0.4 is 11.1 Å². The maximum Gasteiger partial charge on any atom is 0.416 e. The molecule has 2 rings (SSSR count). The lowest BCUT2D eigenvalue weighted by Crippen LogP contribution is -2.13. The van der Waals surface area contributed by atoms with Crippen LogP contribution in [-0.4, -0.2) is 9.97 Å². The van der Waals surface area contributed by atoms with Crippen LogP contribution in [0.5, 0.6) is 0 Å². The number of benzene rings is 1. The fourth-order valence-corrected chi connectivity index (χ4v) is 1.78. The van der Waals surface area contributed by atoms with Crippen molar-refractivity contribution in [2.24, 2.45) is 5.73 Å². The van der Waals surface area contributed by atoms with Gasteiger partial charge in [0, 0.05) is 11.9 Å². The van der Waals surface area contributed by atoms with E-state index in [2.05, 4.69) is 10.3 Å². The molecular weight excluding hydrogens is 287 g/mol. The quantitative estimate of drug-likeness (QED) is 0.852. The smallest absolute Gasteiger partial charge is 0.389 e. The highest BCUT2D eigenvalue weighted by Crippen LogP contribution is 2.31. The fraction of sp³-hybridized carbons (Fsp3) is 0.0769. The molecule has 0 amide bonds. The number of nitrogens with zero attached hydrogens (tertiary/aromatic N) is 1. The summed E-state index contributed by atoms with van der Waals surface area (Å²) in [6, 6.07) is 8.11. The highest BCUT2D eigenvalue weighted by atomic mass is 32.1. The van der Waals surface area contributed by atoms with Crippen LogP contribution in [0.15, 0.2) is 42.6 Å². The Morgan fingerprint density at radius 1 is 1.20 bits per heavy atom. The maximum atomic E-state index is 12.6. The Morgan fingerprint density at radius 3 is 2.60 bits per heavy atom. The van der Waals surface area contributed by atoms with Crippen LogP contribution in [0, 0.1) is 0 Å². The fourth-order valence-electron chi connectivity index (χ4n) is 1.61.